The molecular formula is C17H20F3N3O2S2. The van der Waals surface area contributed by atoms with Gasteiger partial charge >= 0.3 is 6.18 Å². The molecule has 2 heterocycles. The van der Waals surface area contributed by atoms with Crippen molar-refractivity contribution in [1.82, 2.24) is 9.97 Å². The van der Waals surface area contributed by atoms with Crippen molar-refractivity contribution in [3.8, 4) is 0 Å². The van der Waals surface area contributed by atoms with Gasteiger partial charge in [0.1, 0.15) is 5.01 Å². The van der Waals surface area contributed by atoms with Crippen LogP contribution in [0.1, 0.15) is 47.5 Å². The summed E-state index contributed by atoms with van der Waals surface area (Å²) in [4.78, 5) is 21.4. The van der Waals surface area contributed by atoms with Crippen molar-refractivity contribution < 1.29 is 23.1 Å². The van der Waals surface area contributed by atoms with Gasteiger partial charge in [-0.1, -0.05) is 13.3 Å². The van der Waals surface area contributed by atoms with E-state index in [1.807, 2.05) is 0 Å². The van der Waals surface area contributed by atoms with Crippen molar-refractivity contribution in [3.05, 3.63) is 26.7 Å². The normalized spacial score (nSPS) is 19.4. The summed E-state index contributed by atoms with van der Waals surface area (Å²) in [5.74, 6) is -0.370. The number of nitrogens with zero attached hydrogens (tertiary/aromatic N) is 2. The number of fused-ring (bicyclic) bond motifs is 1. The van der Waals surface area contributed by atoms with Gasteiger partial charge in [0.05, 0.1) is 12.1 Å². The average molecular weight is 419 g/mol. The van der Waals surface area contributed by atoms with E-state index in [1.165, 1.54) is 23.6 Å². The number of hydrogen-bond donors (Lipinski definition) is 2. The lowest BCUT2D eigenvalue weighted by Crippen LogP contribution is -2.45. The largest absolute Gasteiger partial charge is 0.424 e. The first kappa shape index (κ1) is 20.2. The number of amides is 1. The summed E-state index contributed by atoms with van der Waals surface area (Å²) in [6, 6.07) is 0. The van der Waals surface area contributed by atoms with Gasteiger partial charge in [-0.3, -0.25) is 4.79 Å². The van der Waals surface area contributed by atoms with E-state index in [9.17, 15) is 23.1 Å². The van der Waals surface area contributed by atoms with E-state index in [4.69, 9.17) is 0 Å². The van der Waals surface area contributed by atoms with E-state index < -0.39 is 29.1 Å². The SMILES string of the molecule is CCC1CCc2nc(NC(=O)CC(O)(c3nc(C)cs3)C(F)(F)F)sc2C1. The van der Waals surface area contributed by atoms with Gasteiger partial charge in [0, 0.05) is 16.0 Å². The number of aromatic nitrogens is 2. The van der Waals surface area contributed by atoms with Crippen LogP contribution in [0.15, 0.2) is 5.38 Å². The molecule has 0 saturated carbocycles. The second kappa shape index (κ2) is 7.48. The second-order valence-electron chi connectivity index (χ2n) is 6.78. The Bertz CT molecular complexity index is 834. The molecule has 0 aliphatic heterocycles. The van der Waals surface area contributed by atoms with E-state index in [0.29, 0.717) is 22.9 Å². The molecule has 1 aliphatic rings. The summed E-state index contributed by atoms with van der Waals surface area (Å²) >= 11 is 1.98. The number of carbonyl (C=O) groups is 1. The molecule has 5 nitrogen and oxygen atoms in total. The van der Waals surface area contributed by atoms with Gasteiger partial charge in [-0.05, 0) is 32.1 Å². The first-order valence-electron chi connectivity index (χ1n) is 8.62. The summed E-state index contributed by atoms with van der Waals surface area (Å²) < 4.78 is 40.5. The third kappa shape index (κ3) is 4.17. The Morgan fingerprint density at radius 3 is 2.74 bits per heavy atom. The highest BCUT2D eigenvalue weighted by Crippen LogP contribution is 2.43. The van der Waals surface area contributed by atoms with E-state index >= 15 is 0 Å². The molecular weight excluding hydrogens is 399 g/mol. The molecule has 27 heavy (non-hydrogen) atoms. The zero-order valence-corrected chi connectivity index (χ0v) is 16.5. The Labute approximate surface area is 162 Å². The zero-order chi connectivity index (χ0) is 19.8. The van der Waals surface area contributed by atoms with Crippen molar-refractivity contribution in [3.63, 3.8) is 0 Å². The lowest BCUT2D eigenvalue weighted by molar-refractivity contribution is -0.266. The molecule has 0 saturated heterocycles. The number of thiazole rings is 2. The van der Waals surface area contributed by atoms with Gasteiger partial charge in [-0.15, -0.1) is 22.7 Å². The topological polar surface area (TPSA) is 75.1 Å². The van der Waals surface area contributed by atoms with Gasteiger partial charge in [0.2, 0.25) is 11.5 Å². The maximum atomic E-state index is 13.5. The number of carbonyl (C=O) groups excluding carboxylic acids is 1. The molecule has 3 rings (SSSR count). The van der Waals surface area contributed by atoms with Gasteiger partial charge in [-0.25, -0.2) is 9.97 Å². The third-order valence-corrected chi connectivity index (χ3v) is 6.87. The van der Waals surface area contributed by atoms with Crippen LogP contribution >= 0.6 is 22.7 Å². The quantitative estimate of drug-likeness (QED) is 0.762. The summed E-state index contributed by atoms with van der Waals surface area (Å²) in [6.07, 6.45) is -2.41. The maximum absolute atomic E-state index is 13.5. The molecule has 2 N–H and O–H groups in total. The van der Waals surface area contributed by atoms with Crippen LogP contribution in [0, 0.1) is 12.8 Å². The smallest absolute Gasteiger partial charge is 0.374 e. The fraction of sp³-hybridized carbons (Fsp3) is 0.588. The van der Waals surface area contributed by atoms with Crippen molar-refractivity contribution in [2.24, 2.45) is 5.92 Å². The van der Waals surface area contributed by atoms with Gasteiger partial charge in [-0.2, -0.15) is 13.2 Å². The number of alkyl halides is 3. The van der Waals surface area contributed by atoms with Crippen LogP contribution in [0.2, 0.25) is 0 Å². The third-order valence-electron chi connectivity index (χ3n) is 4.72. The van der Waals surface area contributed by atoms with Gasteiger partial charge in [0.15, 0.2) is 5.13 Å². The monoisotopic (exact) mass is 419 g/mol. The molecule has 2 aromatic rings. The standard InChI is InChI=1S/C17H20F3N3O2S2/c1-3-10-4-5-11-12(6-10)27-15(22-11)23-13(24)7-16(25,17(18,19)20)14-21-9(2)8-26-14/h8,10,25H,3-7H2,1-2H3,(H,22,23,24). The predicted molar refractivity (Wildman–Crippen MR) is 98.0 cm³/mol. The van der Waals surface area contributed by atoms with E-state index in [2.05, 4.69) is 22.2 Å². The number of halogens is 3. The number of rotatable bonds is 5. The highest BCUT2D eigenvalue weighted by atomic mass is 32.1. The van der Waals surface area contributed by atoms with E-state index in [1.54, 1.807) is 0 Å². The molecule has 0 radical (unpaired) electrons. The number of hydrogen-bond acceptors (Lipinski definition) is 6. The number of aliphatic hydroxyl groups is 1. The fourth-order valence-electron chi connectivity index (χ4n) is 3.08. The number of aryl methyl sites for hydroxylation is 2. The Balaban J connectivity index is 1.75. The van der Waals surface area contributed by atoms with Crippen LogP contribution in [-0.2, 0) is 23.2 Å². The van der Waals surface area contributed by atoms with Gasteiger partial charge < -0.3 is 10.4 Å². The summed E-state index contributed by atoms with van der Waals surface area (Å²) in [5, 5.41) is 13.8. The summed E-state index contributed by atoms with van der Waals surface area (Å²) in [5.41, 5.74) is -2.06. The zero-order valence-electron chi connectivity index (χ0n) is 14.9. The Morgan fingerprint density at radius 1 is 1.41 bits per heavy atom. The van der Waals surface area contributed by atoms with Gasteiger partial charge in [0.25, 0.3) is 0 Å². The molecule has 1 amide bonds. The average Bonchev–Trinajstić information content (AvgIpc) is 3.18. The lowest BCUT2D eigenvalue weighted by atomic mass is 9.89. The highest BCUT2D eigenvalue weighted by molar-refractivity contribution is 7.15. The first-order valence-corrected chi connectivity index (χ1v) is 10.3. The van der Waals surface area contributed by atoms with Crippen LogP contribution < -0.4 is 5.32 Å². The molecule has 10 heteroatoms. The fourth-order valence-corrected chi connectivity index (χ4v) is 5.14. The minimum absolute atomic E-state index is 0.279. The summed E-state index contributed by atoms with van der Waals surface area (Å²) in [6.45, 7) is 3.65. The van der Waals surface area contributed by atoms with Crippen LogP contribution in [0.3, 0.4) is 0 Å². The molecule has 2 atom stereocenters. The van der Waals surface area contributed by atoms with Crippen molar-refractivity contribution in [1.29, 1.82) is 0 Å². The van der Waals surface area contributed by atoms with Crippen molar-refractivity contribution in [2.45, 2.75) is 57.7 Å². The first-order chi connectivity index (χ1) is 12.6. The maximum Gasteiger partial charge on any atom is 0.424 e. The lowest BCUT2D eigenvalue weighted by Gasteiger charge is -2.27. The predicted octanol–water partition coefficient (Wildman–Crippen LogP) is 4.20. The number of nitrogens with one attached hydrogen (secondary N) is 1. The number of anilines is 1. The van der Waals surface area contributed by atoms with E-state index in [-0.39, 0.29) is 5.13 Å². The molecule has 0 aromatic carbocycles. The summed E-state index contributed by atoms with van der Waals surface area (Å²) in [7, 11) is 0. The molecule has 148 valence electrons. The molecule has 1 aliphatic carbocycles. The molecule has 0 fully saturated rings. The minimum atomic E-state index is -5.02. The highest BCUT2D eigenvalue weighted by Gasteiger charge is 2.58. The van der Waals surface area contributed by atoms with E-state index in [0.717, 1.165) is 36.3 Å². The Kier molecular flexibility index (Phi) is 5.60. The molecule has 0 spiro atoms. The second-order valence-corrected chi connectivity index (χ2v) is 8.72. The minimum Gasteiger partial charge on any atom is -0.374 e. The van der Waals surface area contributed by atoms with Crippen molar-refractivity contribution in [2.75, 3.05) is 5.32 Å². The Hall–Kier alpha value is -1.52. The van der Waals surface area contributed by atoms with Crippen LogP contribution in [0.5, 0.6) is 0 Å². The molecule has 2 aromatic heterocycles. The van der Waals surface area contributed by atoms with Crippen LogP contribution in [0.4, 0.5) is 18.3 Å². The molecule has 0 bridgehead atoms. The van der Waals surface area contributed by atoms with Crippen LogP contribution in [0.25, 0.3) is 0 Å². The van der Waals surface area contributed by atoms with Crippen LogP contribution in [-0.4, -0.2) is 27.2 Å². The molecule has 2 unspecified atom stereocenters. The Morgan fingerprint density at radius 2 is 2.15 bits per heavy atom. The van der Waals surface area contributed by atoms with Crippen molar-refractivity contribution >= 4 is 33.7 Å².